The van der Waals surface area contributed by atoms with Crippen LogP contribution in [0.1, 0.15) is 5.56 Å². The Kier molecular flexibility index (Phi) is 4.42. The van der Waals surface area contributed by atoms with Gasteiger partial charge in [-0.25, -0.2) is 0 Å². The molecule has 7 aromatic rings. The van der Waals surface area contributed by atoms with Gasteiger partial charge in [-0.3, -0.25) is 4.98 Å². The van der Waals surface area contributed by atoms with Crippen LogP contribution in [0.25, 0.3) is 64.1 Å². The first kappa shape index (κ1) is 19.9. The monoisotopic (exact) mass is 462 g/mol. The average Bonchev–Trinajstić information content (AvgIpc) is 3.32. The summed E-state index contributed by atoms with van der Waals surface area (Å²) in [6.45, 7) is 0. The summed E-state index contributed by atoms with van der Waals surface area (Å²) in [6, 6.07) is 38.5. The highest BCUT2D eigenvalue weighted by molar-refractivity contribution is 7.26. The van der Waals surface area contributed by atoms with E-state index in [9.17, 15) is 5.26 Å². The van der Waals surface area contributed by atoms with Crippen LogP contribution in [0, 0.1) is 11.3 Å². The molecule has 0 fully saturated rings. The van der Waals surface area contributed by atoms with Crippen molar-refractivity contribution in [3.05, 3.63) is 115 Å². The Balaban J connectivity index is 1.47. The lowest BCUT2D eigenvalue weighted by Gasteiger charge is -2.10. The first-order valence-corrected chi connectivity index (χ1v) is 12.3. The van der Waals surface area contributed by atoms with Gasteiger partial charge in [0.1, 0.15) is 0 Å². The summed E-state index contributed by atoms with van der Waals surface area (Å²) in [5, 5.41) is 17.0. The molecule has 0 spiro atoms. The van der Waals surface area contributed by atoms with Gasteiger partial charge in [0.05, 0.1) is 17.3 Å². The molecule has 7 rings (SSSR count). The van der Waals surface area contributed by atoms with Gasteiger partial charge in [0, 0.05) is 31.9 Å². The molecule has 162 valence electrons. The van der Waals surface area contributed by atoms with Crippen LogP contribution in [-0.2, 0) is 0 Å². The van der Waals surface area contributed by atoms with E-state index in [-0.39, 0.29) is 0 Å². The number of rotatable bonds is 2. The Bertz CT molecular complexity index is 1960. The summed E-state index contributed by atoms with van der Waals surface area (Å²) in [4.78, 5) is 4.45. The SMILES string of the molecule is N#Cc1ccnc(-c2ccc(-c3cc4sc5ccc6ccccc6c5c4c4ccccc34)cc2)c1. The molecule has 2 nitrogen and oxygen atoms in total. The molecule has 0 amide bonds. The average molecular weight is 463 g/mol. The molecule has 0 aliphatic rings. The fraction of sp³-hybridized carbons (Fsp3) is 0. The van der Waals surface area contributed by atoms with Crippen LogP contribution in [0.3, 0.4) is 0 Å². The third kappa shape index (κ3) is 3.12. The number of hydrogen-bond acceptors (Lipinski definition) is 3. The first-order chi connectivity index (χ1) is 17.3. The molecular formula is C32H18N2S. The second-order valence-corrected chi connectivity index (χ2v) is 9.81. The quantitative estimate of drug-likeness (QED) is 0.257. The number of nitrogens with zero attached hydrogens (tertiary/aromatic N) is 2. The van der Waals surface area contributed by atoms with Crippen LogP contribution >= 0.6 is 11.3 Å². The van der Waals surface area contributed by atoms with Gasteiger partial charge in [-0.05, 0) is 56.9 Å². The molecule has 0 bridgehead atoms. The van der Waals surface area contributed by atoms with Crippen molar-refractivity contribution in [3.8, 4) is 28.5 Å². The standard InChI is InChI=1S/C32H18N2S/c33-19-20-15-16-34-28(17-20)23-11-9-22(10-12-23)27-18-30-32(26-8-4-3-7-25(26)27)31-24-6-2-1-5-21(24)13-14-29(31)35-30/h1-18H. The summed E-state index contributed by atoms with van der Waals surface area (Å²) in [5.74, 6) is 0. The second kappa shape index (κ2) is 7.77. The Morgan fingerprint density at radius 3 is 2.17 bits per heavy atom. The van der Waals surface area contributed by atoms with Gasteiger partial charge in [0.15, 0.2) is 0 Å². The van der Waals surface area contributed by atoms with Crippen molar-refractivity contribution < 1.29 is 0 Å². The number of nitriles is 1. The molecule has 0 N–H and O–H groups in total. The number of benzene rings is 5. The summed E-state index contributed by atoms with van der Waals surface area (Å²) in [5.41, 5.74) is 4.84. The highest BCUT2D eigenvalue weighted by Gasteiger charge is 2.15. The van der Waals surface area contributed by atoms with Gasteiger partial charge in [-0.2, -0.15) is 5.26 Å². The highest BCUT2D eigenvalue weighted by Crippen LogP contribution is 2.45. The van der Waals surface area contributed by atoms with Gasteiger partial charge in [0.2, 0.25) is 0 Å². The maximum Gasteiger partial charge on any atom is 0.0992 e. The van der Waals surface area contributed by atoms with Crippen LogP contribution < -0.4 is 0 Å². The fourth-order valence-corrected chi connectivity index (χ4v) is 6.30. The molecule has 2 heterocycles. The van der Waals surface area contributed by atoms with E-state index >= 15 is 0 Å². The van der Waals surface area contributed by atoms with Crippen molar-refractivity contribution in [2.24, 2.45) is 0 Å². The largest absolute Gasteiger partial charge is 0.256 e. The molecular weight excluding hydrogens is 444 g/mol. The minimum Gasteiger partial charge on any atom is -0.256 e. The molecule has 0 saturated heterocycles. The van der Waals surface area contributed by atoms with E-state index in [1.54, 1.807) is 12.3 Å². The number of fused-ring (bicyclic) bond motifs is 7. The zero-order chi connectivity index (χ0) is 23.4. The lowest BCUT2D eigenvalue weighted by molar-refractivity contribution is 1.31. The zero-order valence-corrected chi connectivity index (χ0v) is 19.5. The Hall–Kier alpha value is -4.52. The smallest absolute Gasteiger partial charge is 0.0992 e. The van der Waals surface area contributed by atoms with Crippen molar-refractivity contribution in [2.75, 3.05) is 0 Å². The molecule has 0 radical (unpaired) electrons. The highest BCUT2D eigenvalue weighted by atomic mass is 32.1. The van der Waals surface area contributed by atoms with Crippen molar-refractivity contribution in [2.45, 2.75) is 0 Å². The Morgan fingerprint density at radius 2 is 1.34 bits per heavy atom. The molecule has 2 aromatic heterocycles. The predicted octanol–water partition coefficient (Wildman–Crippen LogP) is 8.96. The number of hydrogen-bond donors (Lipinski definition) is 0. The predicted molar refractivity (Wildman–Crippen MR) is 148 cm³/mol. The Morgan fingerprint density at radius 1 is 0.629 bits per heavy atom. The number of aromatic nitrogens is 1. The molecule has 0 atom stereocenters. The van der Waals surface area contributed by atoms with E-state index < -0.39 is 0 Å². The minimum atomic E-state index is 0.618. The summed E-state index contributed by atoms with van der Waals surface area (Å²) in [7, 11) is 0. The topological polar surface area (TPSA) is 36.7 Å². The molecule has 0 aliphatic carbocycles. The van der Waals surface area contributed by atoms with Crippen molar-refractivity contribution in [1.29, 1.82) is 5.26 Å². The van der Waals surface area contributed by atoms with Crippen LogP contribution in [0.4, 0.5) is 0 Å². The van der Waals surface area contributed by atoms with Crippen LogP contribution in [0.2, 0.25) is 0 Å². The Labute approximate surface area is 206 Å². The van der Waals surface area contributed by atoms with E-state index in [1.165, 1.54) is 52.8 Å². The number of thiophene rings is 1. The van der Waals surface area contributed by atoms with Gasteiger partial charge in [0.25, 0.3) is 0 Å². The second-order valence-electron chi connectivity index (χ2n) is 8.72. The molecule has 35 heavy (non-hydrogen) atoms. The van der Waals surface area contributed by atoms with Crippen molar-refractivity contribution >= 4 is 53.1 Å². The van der Waals surface area contributed by atoms with Crippen LogP contribution in [0.5, 0.6) is 0 Å². The van der Waals surface area contributed by atoms with Gasteiger partial charge in [-0.15, -0.1) is 11.3 Å². The van der Waals surface area contributed by atoms with Gasteiger partial charge >= 0.3 is 0 Å². The maximum atomic E-state index is 9.22. The van der Waals surface area contributed by atoms with E-state index in [4.69, 9.17) is 0 Å². The summed E-state index contributed by atoms with van der Waals surface area (Å²) >= 11 is 1.86. The third-order valence-electron chi connectivity index (χ3n) is 6.75. The van der Waals surface area contributed by atoms with Crippen LogP contribution in [-0.4, -0.2) is 4.98 Å². The summed E-state index contributed by atoms with van der Waals surface area (Å²) < 4.78 is 2.62. The molecule has 0 saturated carbocycles. The van der Waals surface area contributed by atoms with Gasteiger partial charge < -0.3 is 0 Å². The molecule has 0 unspecified atom stereocenters. The molecule has 0 aliphatic heterocycles. The molecule has 5 aromatic carbocycles. The van der Waals surface area contributed by atoms with Crippen molar-refractivity contribution in [3.63, 3.8) is 0 Å². The summed E-state index contributed by atoms with van der Waals surface area (Å²) in [6.07, 6.45) is 1.69. The van der Waals surface area contributed by atoms with Gasteiger partial charge in [-0.1, -0.05) is 78.9 Å². The van der Waals surface area contributed by atoms with Crippen molar-refractivity contribution in [1.82, 2.24) is 4.98 Å². The number of pyridine rings is 1. The molecule has 3 heteroatoms. The zero-order valence-electron chi connectivity index (χ0n) is 18.7. The van der Waals surface area contributed by atoms with Crippen LogP contribution in [0.15, 0.2) is 109 Å². The first-order valence-electron chi connectivity index (χ1n) is 11.5. The fourth-order valence-electron chi connectivity index (χ4n) is 5.12. The van der Waals surface area contributed by atoms with E-state index in [0.717, 1.165) is 11.3 Å². The lowest BCUT2D eigenvalue weighted by Crippen LogP contribution is -1.86. The van der Waals surface area contributed by atoms with E-state index in [0.29, 0.717) is 5.56 Å². The van der Waals surface area contributed by atoms with E-state index in [1.807, 2.05) is 17.4 Å². The minimum absolute atomic E-state index is 0.618. The normalized spacial score (nSPS) is 11.4. The lowest BCUT2D eigenvalue weighted by atomic mass is 9.93. The third-order valence-corrected chi connectivity index (χ3v) is 7.85. The van der Waals surface area contributed by atoms with E-state index in [2.05, 4.69) is 102 Å². The maximum absolute atomic E-state index is 9.22.